The van der Waals surface area contributed by atoms with E-state index in [-0.39, 0.29) is 16.8 Å². The van der Waals surface area contributed by atoms with Gasteiger partial charge in [0.2, 0.25) is 0 Å². The molecule has 4 aromatic rings. The summed E-state index contributed by atoms with van der Waals surface area (Å²) >= 11 is 0. The second-order valence-corrected chi connectivity index (χ2v) is 5.23. The number of nitrogens with one attached hydrogen (secondary N) is 3. The fourth-order valence-electron chi connectivity index (χ4n) is 2.27. The molecule has 0 aromatic carbocycles. The third kappa shape index (κ3) is 2.49. The Kier molecular flexibility index (Phi) is 3.71. The summed E-state index contributed by atoms with van der Waals surface area (Å²) in [6.45, 7) is 0. The normalized spacial score (nSPS) is 10.8. The van der Waals surface area contributed by atoms with Gasteiger partial charge in [0.1, 0.15) is 11.0 Å². The Morgan fingerprint density at radius 2 is 1.40 bits per heavy atom. The first-order valence-electron chi connectivity index (χ1n) is 7.04. The highest BCUT2D eigenvalue weighted by atomic mass is 16.2. The van der Waals surface area contributed by atoms with E-state index < -0.39 is 5.69 Å². The first-order chi connectivity index (χ1) is 11.8. The molecule has 12 nitrogen and oxygen atoms in total. The van der Waals surface area contributed by atoms with Crippen molar-refractivity contribution in [3.63, 3.8) is 0 Å². The van der Waals surface area contributed by atoms with Crippen molar-refractivity contribution in [1.82, 2.24) is 38.6 Å². The summed E-state index contributed by atoms with van der Waals surface area (Å²) < 4.78 is 3.36. The zero-order valence-corrected chi connectivity index (χ0v) is 13.5. The summed E-state index contributed by atoms with van der Waals surface area (Å²) in [5, 5.41) is 0. The fourth-order valence-corrected chi connectivity index (χ4v) is 2.27. The van der Waals surface area contributed by atoms with E-state index in [1.54, 1.807) is 7.05 Å². The Morgan fingerprint density at radius 3 is 2.12 bits per heavy atom. The molecular weight excluding hydrogens is 332 g/mol. The number of nitrogens with zero attached hydrogens (tertiary/aromatic N) is 5. The van der Waals surface area contributed by atoms with Gasteiger partial charge in [0.25, 0.3) is 11.1 Å². The zero-order chi connectivity index (χ0) is 18.3. The smallest absolute Gasteiger partial charge is 0.332 e. The van der Waals surface area contributed by atoms with Crippen LogP contribution in [0.25, 0.3) is 22.3 Å². The van der Waals surface area contributed by atoms with Crippen LogP contribution in [-0.4, -0.2) is 38.6 Å². The molecule has 0 amide bonds. The van der Waals surface area contributed by atoms with Gasteiger partial charge in [0, 0.05) is 21.1 Å². The van der Waals surface area contributed by atoms with E-state index in [2.05, 4.69) is 24.9 Å². The van der Waals surface area contributed by atoms with E-state index in [9.17, 15) is 19.2 Å². The summed E-state index contributed by atoms with van der Waals surface area (Å²) in [6.07, 6.45) is 2.76. The van der Waals surface area contributed by atoms with Gasteiger partial charge >= 0.3 is 11.4 Å². The molecule has 0 saturated heterocycles. The molecule has 4 rings (SSSR count). The lowest BCUT2D eigenvalue weighted by molar-refractivity contribution is 0.709. The van der Waals surface area contributed by atoms with E-state index in [1.807, 2.05) is 0 Å². The molecule has 0 aliphatic rings. The average molecular weight is 346 g/mol. The number of rotatable bonds is 0. The van der Waals surface area contributed by atoms with Gasteiger partial charge in [-0.3, -0.25) is 28.3 Å². The van der Waals surface area contributed by atoms with Gasteiger partial charge in [-0.25, -0.2) is 19.6 Å². The average Bonchev–Trinajstić information content (AvgIpc) is 3.26. The molecule has 4 aromatic heterocycles. The van der Waals surface area contributed by atoms with Crippen LogP contribution < -0.4 is 22.5 Å². The standard InChI is InChI=1S/C7H8N4O2.C6H6N4O2/c1-10-5-4(8-3-9-5)6(12)11(2)7(10)13;1-10-5(11)3-4(8-2-7-3)9-6(10)12/h3H,1-2H3,(H,8,9);2H,1H3,(H,7,8)(H,9,12). The van der Waals surface area contributed by atoms with E-state index in [0.29, 0.717) is 22.3 Å². The molecule has 0 atom stereocenters. The number of H-pyrrole nitrogens is 3. The van der Waals surface area contributed by atoms with Crippen molar-refractivity contribution in [3.05, 3.63) is 54.3 Å². The molecule has 0 spiro atoms. The molecule has 0 fully saturated rings. The van der Waals surface area contributed by atoms with Gasteiger partial charge in [-0.15, -0.1) is 0 Å². The predicted octanol–water partition coefficient (Wildman–Crippen LogP) is -2.09. The van der Waals surface area contributed by atoms with Crippen molar-refractivity contribution < 1.29 is 0 Å². The Bertz CT molecular complexity index is 1310. The molecule has 0 unspecified atom stereocenters. The first-order valence-corrected chi connectivity index (χ1v) is 7.04. The maximum absolute atomic E-state index is 11.4. The molecule has 0 aliphatic carbocycles. The summed E-state index contributed by atoms with van der Waals surface area (Å²) in [6, 6.07) is 0. The molecule has 25 heavy (non-hydrogen) atoms. The van der Waals surface area contributed by atoms with Crippen molar-refractivity contribution in [2.75, 3.05) is 0 Å². The molecule has 3 N–H and O–H groups in total. The summed E-state index contributed by atoms with van der Waals surface area (Å²) in [5.74, 6) is 0. The van der Waals surface area contributed by atoms with Crippen LogP contribution >= 0.6 is 0 Å². The Balaban J connectivity index is 0.000000146. The van der Waals surface area contributed by atoms with Crippen molar-refractivity contribution in [2.24, 2.45) is 21.1 Å². The Morgan fingerprint density at radius 1 is 0.800 bits per heavy atom. The summed E-state index contributed by atoms with van der Waals surface area (Å²) in [7, 11) is 4.41. The quantitative estimate of drug-likeness (QED) is 0.331. The van der Waals surface area contributed by atoms with Gasteiger partial charge in [0.15, 0.2) is 11.3 Å². The summed E-state index contributed by atoms with van der Waals surface area (Å²) in [5.41, 5.74) is -0.205. The number of imidazole rings is 2. The molecule has 0 aliphatic heterocycles. The van der Waals surface area contributed by atoms with Crippen LogP contribution in [0.4, 0.5) is 0 Å². The second-order valence-electron chi connectivity index (χ2n) is 5.23. The number of hydrogen-bond acceptors (Lipinski definition) is 6. The van der Waals surface area contributed by atoms with Crippen LogP contribution in [0.3, 0.4) is 0 Å². The lowest BCUT2D eigenvalue weighted by Gasteiger charge is -2.00. The lowest BCUT2D eigenvalue weighted by Crippen LogP contribution is -2.36. The molecule has 4 heterocycles. The number of hydrogen-bond donors (Lipinski definition) is 3. The Labute approximate surface area is 137 Å². The maximum atomic E-state index is 11.4. The maximum Gasteiger partial charge on any atom is 0.332 e. The minimum atomic E-state index is -0.459. The molecule has 0 saturated carbocycles. The van der Waals surface area contributed by atoms with Crippen LogP contribution in [-0.2, 0) is 21.1 Å². The van der Waals surface area contributed by atoms with E-state index in [1.165, 1.54) is 31.3 Å². The van der Waals surface area contributed by atoms with Gasteiger partial charge in [0.05, 0.1) is 12.7 Å². The highest BCUT2D eigenvalue weighted by molar-refractivity contribution is 5.68. The van der Waals surface area contributed by atoms with E-state index in [0.717, 1.165) is 9.13 Å². The van der Waals surface area contributed by atoms with Crippen molar-refractivity contribution >= 4 is 22.3 Å². The number of aromatic amines is 3. The molecule has 0 bridgehead atoms. The van der Waals surface area contributed by atoms with Crippen molar-refractivity contribution in [3.8, 4) is 0 Å². The molecule has 130 valence electrons. The molecule has 0 radical (unpaired) electrons. The predicted molar refractivity (Wildman–Crippen MR) is 88.5 cm³/mol. The molecular formula is C13H14N8O4. The Hall–Kier alpha value is -3.70. The topological polar surface area (TPSA) is 156 Å². The minimum absolute atomic E-state index is 0.295. The van der Waals surface area contributed by atoms with Crippen LogP contribution in [0.2, 0.25) is 0 Å². The summed E-state index contributed by atoms with van der Waals surface area (Å²) in [4.78, 5) is 60.5. The zero-order valence-electron chi connectivity index (χ0n) is 13.5. The third-order valence-corrected chi connectivity index (χ3v) is 3.72. The van der Waals surface area contributed by atoms with E-state index >= 15 is 0 Å². The van der Waals surface area contributed by atoms with E-state index in [4.69, 9.17) is 0 Å². The van der Waals surface area contributed by atoms with Gasteiger partial charge in [-0.2, -0.15) is 0 Å². The van der Waals surface area contributed by atoms with Crippen LogP contribution in [0.1, 0.15) is 0 Å². The lowest BCUT2D eigenvalue weighted by atomic mass is 10.5. The van der Waals surface area contributed by atoms with Crippen molar-refractivity contribution in [2.45, 2.75) is 0 Å². The van der Waals surface area contributed by atoms with Crippen LogP contribution in [0.15, 0.2) is 31.8 Å². The minimum Gasteiger partial charge on any atom is -0.339 e. The number of aryl methyl sites for hydroxylation is 1. The first kappa shape index (κ1) is 16.2. The number of fused-ring (bicyclic) bond motifs is 2. The fraction of sp³-hybridized carbons (Fsp3) is 0.231. The molecule has 12 heteroatoms. The van der Waals surface area contributed by atoms with Gasteiger partial charge < -0.3 is 9.97 Å². The third-order valence-electron chi connectivity index (χ3n) is 3.72. The van der Waals surface area contributed by atoms with Crippen molar-refractivity contribution in [1.29, 1.82) is 0 Å². The monoisotopic (exact) mass is 346 g/mol. The van der Waals surface area contributed by atoms with Crippen LogP contribution in [0, 0.1) is 0 Å². The van der Waals surface area contributed by atoms with Gasteiger partial charge in [-0.05, 0) is 0 Å². The highest BCUT2D eigenvalue weighted by Crippen LogP contribution is 1.97. The van der Waals surface area contributed by atoms with Crippen LogP contribution in [0.5, 0.6) is 0 Å². The number of aromatic nitrogens is 8. The second kappa shape index (κ2) is 5.74. The highest BCUT2D eigenvalue weighted by Gasteiger charge is 2.09. The SMILES string of the molecule is Cn1c(=O)[nH]c2nc[nH]c2c1=O.Cn1c(=O)c2[nH]cnc2n(C)c1=O. The largest absolute Gasteiger partial charge is 0.339 e. The van der Waals surface area contributed by atoms with Gasteiger partial charge in [-0.1, -0.05) is 0 Å².